The molecule has 1 heterocycles. The minimum absolute atomic E-state index is 0.307. The molecule has 0 bridgehead atoms. The predicted molar refractivity (Wildman–Crippen MR) is 91.7 cm³/mol. The maximum atomic E-state index is 5.83. The number of anilines is 1. The number of nitrogens with zero attached hydrogens (tertiary/aromatic N) is 2. The summed E-state index contributed by atoms with van der Waals surface area (Å²) in [6.45, 7) is 13.5. The van der Waals surface area contributed by atoms with Crippen molar-refractivity contribution in [2.24, 2.45) is 0 Å². The first-order valence-corrected chi connectivity index (χ1v) is 8.74. The van der Waals surface area contributed by atoms with Crippen molar-refractivity contribution in [3.63, 3.8) is 0 Å². The second-order valence-corrected chi connectivity index (χ2v) is 10.2. The molecule has 20 heavy (non-hydrogen) atoms. The van der Waals surface area contributed by atoms with Crippen molar-refractivity contribution in [3.8, 4) is 11.2 Å². The highest BCUT2D eigenvalue weighted by atomic mass is 32.3. The second kappa shape index (κ2) is 6.54. The van der Waals surface area contributed by atoms with Crippen LogP contribution in [0.15, 0.2) is 6.20 Å². The molecule has 0 spiro atoms. The Kier molecular flexibility index (Phi) is 5.53. The molecule has 0 amide bonds. The maximum Gasteiger partial charge on any atom is 0.157 e. The molecule has 0 saturated carbocycles. The van der Waals surface area contributed by atoms with Crippen LogP contribution in [0.25, 0.3) is 0 Å². The lowest BCUT2D eigenvalue weighted by atomic mass is 10.1. The van der Waals surface area contributed by atoms with E-state index in [-0.39, 0.29) is 0 Å². The van der Waals surface area contributed by atoms with Gasteiger partial charge in [0.25, 0.3) is 0 Å². The summed E-state index contributed by atoms with van der Waals surface area (Å²) in [5.41, 5.74) is 6.68. The summed E-state index contributed by atoms with van der Waals surface area (Å²) in [6, 6.07) is 0. The average Bonchev–Trinajstić information content (AvgIpc) is 2.30. The molecule has 0 aliphatic carbocycles. The van der Waals surface area contributed by atoms with Crippen molar-refractivity contribution < 1.29 is 0 Å². The van der Waals surface area contributed by atoms with Gasteiger partial charge in [-0.1, -0.05) is 41.5 Å². The van der Waals surface area contributed by atoms with E-state index in [1.54, 1.807) is 0 Å². The van der Waals surface area contributed by atoms with Crippen molar-refractivity contribution >= 4 is 29.3 Å². The van der Waals surface area contributed by atoms with E-state index < -0.39 is 10.0 Å². The average molecular weight is 289 g/mol. The van der Waals surface area contributed by atoms with Crippen LogP contribution in [0.5, 0.6) is 0 Å². The molecule has 0 aliphatic heterocycles. The number of nitrogens with two attached hydrogens (primary N) is 1. The molecular formula is C15H24BN3S. The van der Waals surface area contributed by atoms with Gasteiger partial charge in [-0.15, -0.1) is 0 Å². The second-order valence-electron chi connectivity index (χ2n) is 5.66. The molecule has 0 aromatic carbocycles. The number of aromatic nitrogens is 2. The lowest BCUT2D eigenvalue weighted by Gasteiger charge is -2.46. The van der Waals surface area contributed by atoms with Gasteiger partial charge in [0.15, 0.2) is 11.5 Å². The first-order chi connectivity index (χ1) is 9.21. The molecule has 1 rings (SSSR count). The molecule has 3 nitrogen and oxygen atoms in total. The van der Waals surface area contributed by atoms with Crippen molar-refractivity contribution in [3.05, 3.63) is 11.9 Å². The molecule has 0 atom stereocenters. The molecule has 0 fully saturated rings. The highest BCUT2D eigenvalue weighted by Gasteiger charge is 2.33. The van der Waals surface area contributed by atoms with Gasteiger partial charge >= 0.3 is 0 Å². The standard InChI is InChI=1S/C15H24BN3S/c1-10(2)20(11(3)4,12(5)6)8-7-13-15(17)19-14(16)9-18-13/h9-12H,1-6H3,(H2,17,19). The molecule has 108 valence electrons. The number of nitrogen functional groups attached to an aromatic ring is 1. The van der Waals surface area contributed by atoms with Gasteiger partial charge in [0, 0.05) is 11.8 Å². The number of rotatable bonds is 3. The third-order valence-electron chi connectivity index (χ3n) is 3.50. The van der Waals surface area contributed by atoms with Crippen LogP contribution < -0.4 is 11.3 Å². The maximum absolute atomic E-state index is 5.83. The lowest BCUT2D eigenvalue weighted by molar-refractivity contribution is 0.959. The monoisotopic (exact) mass is 289 g/mol. The van der Waals surface area contributed by atoms with Gasteiger partial charge in [0.2, 0.25) is 0 Å². The van der Waals surface area contributed by atoms with E-state index in [2.05, 4.69) is 62.7 Å². The number of hydrogen-bond acceptors (Lipinski definition) is 3. The molecule has 0 unspecified atom stereocenters. The van der Waals surface area contributed by atoms with E-state index in [1.165, 1.54) is 6.20 Å². The highest BCUT2D eigenvalue weighted by molar-refractivity contribution is 8.38. The quantitative estimate of drug-likeness (QED) is 0.685. The normalized spacial score (nSPS) is 12.7. The van der Waals surface area contributed by atoms with Crippen LogP contribution in [0.4, 0.5) is 5.82 Å². The summed E-state index contributed by atoms with van der Waals surface area (Å²) in [6.07, 6.45) is 1.50. The van der Waals surface area contributed by atoms with E-state index in [1.807, 2.05) is 0 Å². The minimum Gasteiger partial charge on any atom is -0.381 e. The van der Waals surface area contributed by atoms with Crippen molar-refractivity contribution in [1.82, 2.24) is 9.97 Å². The van der Waals surface area contributed by atoms with E-state index in [0.29, 0.717) is 32.9 Å². The van der Waals surface area contributed by atoms with Crippen LogP contribution in [0.3, 0.4) is 0 Å². The molecule has 2 N–H and O–H groups in total. The van der Waals surface area contributed by atoms with Gasteiger partial charge in [-0.05, 0) is 26.9 Å². The zero-order valence-electron chi connectivity index (χ0n) is 13.3. The lowest BCUT2D eigenvalue weighted by Crippen LogP contribution is -2.27. The third-order valence-corrected chi connectivity index (χ3v) is 8.64. The number of hydrogen-bond donors (Lipinski definition) is 1. The van der Waals surface area contributed by atoms with Crippen molar-refractivity contribution in [1.29, 1.82) is 0 Å². The van der Waals surface area contributed by atoms with Gasteiger partial charge in [-0.2, -0.15) is 10.0 Å². The summed E-state index contributed by atoms with van der Waals surface area (Å²) in [4.78, 5) is 8.19. The summed E-state index contributed by atoms with van der Waals surface area (Å²) in [5.74, 6) is 3.47. The van der Waals surface area contributed by atoms with Crippen LogP contribution in [0.2, 0.25) is 0 Å². The molecule has 1 aromatic rings. The fraction of sp³-hybridized carbons (Fsp3) is 0.600. The van der Waals surface area contributed by atoms with E-state index in [4.69, 9.17) is 13.6 Å². The predicted octanol–water partition coefficient (Wildman–Crippen LogP) is 2.19. The molecule has 2 radical (unpaired) electrons. The zero-order chi connectivity index (χ0) is 15.5. The van der Waals surface area contributed by atoms with Crippen LogP contribution in [-0.4, -0.2) is 33.6 Å². The first kappa shape index (κ1) is 16.9. The fourth-order valence-corrected chi connectivity index (χ4v) is 6.88. The van der Waals surface area contributed by atoms with Gasteiger partial charge in [0.1, 0.15) is 7.85 Å². The molecule has 0 aliphatic rings. The Balaban J connectivity index is 3.30. The summed E-state index contributed by atoms with van der Waals surface area (Å²) in [7, 11) is 4.47. The topological polar surface area (TPSA) is 51.8 Å². The smallest absolute Gasteiger partial charge is 0.157 e. The Morgan fingerprint density at radius 1 is 1.10 bits per heavy atom. The Morgan fingerprint density at radius 3 is 2.00 bits per heavy atom. The summed E-state index contributed by atoms with van der Waals surface area (Å²) < 4.78 is 0. The Labute approximate surface area is 125 Å². The SMILES string of the molecule is [B]c1cnc(C#CS(C(C)C)(C(C)C)C(C)C)c(N)n1. The van der Waals surface area contributed by atoms with Crippen LogP contribution >= 0.6 is 10.0 Å². The third kappa shape index (κ3) is 3.30. The zero-order valence-corrected chi connectivity index (χ0v) is 14.1. The Hall–Kier alpha value is -1.15. The van der Waals surface area contributed by atoms with Crippen LogP contribution in [-0.2, 0) is 0 Å². The fourth-order valence-electron chi connectivity index (χ4n) is 2.64. The minimum atomic E-state index is -1.09. The summed E-state index contributed by atoms with van der Waals surface area (Å²) >= 11 is 0. The van der Waals surface area contributed by atoms with Gasteiger partial charge in [-0.3, -0.25) is 0 Å². The van der Waals surface area contributed by atoms with Crippen LogP contribution in [0.1, 0.15) is 47.2 Å². The molecular weight excluding hydrogens is 265 g/mol. The Bertz CT molecular complexity index is 508. The van der Waals surface area contributed by atoms with Gasteiger partial charge < -0.3 is 5.73 Å². The van der Waals surface area contributed by atoms with Crippen molar-refractivity contribution in [2.75, 3.05) is 5.73 Å². The van der Waals surface area contributed by atoms with Crippen LogP contribution in [0, 0.1) is 11.2 Å². The first-order valence-electron chi connectivity index (χ1n) is 6.92. The van der Waals surface area contributed by atoms with E-state index in [9.17, 15) is 0 Å². The highest BCUT2D eigenvalue weighted by Crippen LogP contribution is 2.59. The summed E-state index contributed by atoms with van der Waals surface area (Å²) in [5, 5.41) is 5.10. The Morgan fingerprint density at radius 2 is 1.60 bits per heavy atom. The molecule has 5 heteroatoms. The van der Waals surface area contributed by atoms with Gasteiger partial charge in [-0.25, -0.2) is 9.97 Å². The van der Waals surface area contributed by atoms with E-state index in [0.717, 1.165) is 0 Å². The molecule has 1 aromatic heterocycles. The van der Waals surface area contributed by atoms with E-state index >= 15 is 0 Å². The van der Waals surface area contributed by atoms with Crippen molar-refractivity contribution in [2.45, 2.75) is 57.3 Å². The van der Waals surface area contributed by atoms with Gasteiger partial charge in [0.05, 0.1) is 0 Å². The molecule has 0 saturated heterocycles. The largest absolute Gasteiger partial charge is 0.381 e.